The zero-order valence-corrected chi connectivity index (χ0v) is 8.71. The van der Waals surface area contributed by atoms with Gasteiger partial charge in [0.1, 0.15) is 6.04 Å². The maximum Gasteiger partial charge on any atom is 0.260 e. The van der Waals surface area contributed by atoms with E-state index in [4.69, 9.17) is 5.73 Å². The highest BCUT2D eigenvalue weighted by Gasteiger charge is 2.14. The molecule has 16 heavy (non-hydrogen) atoms. The van der Waals surface area contributed by atoms with Crippen molar-refractivity contribution < 1.29 is 4.79 Å². The second kappa shape index (κ2) is 4.63. The van der Waals surface area contributed by atoms with Crippen molar-refractivity contribution in [1.82, 2.24) is 4.68 Å². The van der Waals surface area contributed by atoms with Crippen molar-refractivity contribution in [3.63, 3.8) is 0 Å². The van der Waals surface area contributed by atoms with Gasteiger partial charge in [0, 0.05) is 12.4 Å². The highest BCUT2D eigenvalue weighted by molar-refractivity contribution is 5.89. The lowest BCUT2D eigenvalue weighted by Crippen LogP contribution is -2.32. The van der Waals surface area contributed by atoms with Gasteiger partial charge in [0.15, 0.2) is 0 Å². The fourth-order valence-electron chi connectivity index (χ4n) is 1.42. The highest BCUT2D eigenvalue weighted by Crippen LogP contribution is 2.09. The molecule has 0 aliphatic carbocycles. The maximum absolute atomic E-state index is 11.8. The van der Waals surface area contributed by atoms with Crippen molar-refractivity contribution in [1.29, 1.82) is 0 Å². The molecule has 2 rings (SSSR count). The van der Waals surface area contributed by atoms with E-state index < -0.39 is 6.04 Å². The normalized spacial score (nSPS) is 12.1. The number of hydrogen-bond donors (Lipinski definition) is 2. The van der Waals surface area contributed by atoms with Crippen LogP contribution < -0.4 is 11.2 Å². The molecule has 82 valence electrons. The van der Waals surface area contributed by atoms with Gasteiger partial charge in [-0.15, -0.1) is 0 Å². The topological polar surface area (TPSA) is 60.1 Å². The Hall–Kier alpha value is -2.07. The number of nitrogens with one attached hydrogen (secondary N) is 1. The summed E-state index contributed by atoms with van der Waals surface area (Å²) in [6.45, 7) is 0. The Morgan fingerprint density at radius 2 is 1.75 bits per heavy atom. The summed E-state index contributed by atoms with van der Waals surface area (Å²) < 4.78 is 1.57. The van der Waals surface area contributed by atoms with Crippen LogP contribution in [0.2, 0.25) is 0 Å². The minimum absolute atomic E-state index is 0.234. The molecule has 0 bridgehead atoms. The largest absolute Gasteiger partial charge is 0.316 e. The van der Waals surface area contributed by atoms with Crippen molar-refractivity contribution in [3.05, 3.63) is 60.4 Å². The fraction of sp³-hybridized carbons (Fsp3) is 0.0833. The van der Waals surface area contributed by atoms with E-state index in [1.54, 1.807) is 17.1 Å². The van der Waals surface area contributed by atoms with E-state index in [2.05, 4.69) is 5.43 Å². The van der Waals surface area contributed by atoms with E-state index in [0.717, 1.165) is 5.56 Å². The third-order valence-electron chi connectivity index (χ3n) is 2.28. The lowest BCUT2D eigenvalue weighted by atomic mass is 10.1. The van der Waals surface area contributed by atoms with Gasteiger partial charge in [-0.05, 0) is 17.7 Å². The van der Waals surface area contributed by atoms with Gasteiger partial charge in [0.25, 0.3) is 5.91 Å². The van der Waals surface area contributed by atoms with Crippen LogP contribution in [0, 0.1) is 0 Å². The van der Waals surface area contributed by atoms with Crippen molar-refractivity contribution in [2.24, 2.45) is 5.73 Å². The Kier molecular flexibility index (Phi) is 3.03. The molecule has 1 atom stereocenters. The van der Waals surface area contributed by atoms with Gasteiger partial charge < -0.3 is 5.73 Å². The number of rotatable bonds is 3. The summed E-state index contributed by atoms with van der Waals surface area (Å²) in [4.78, 5) is 11.8. The third-order valence-corrected chi connectivity index (χ3v) is 2.28. The van der Waals surface area contributed by atoms with Crippen molar-refractivity contribution in [2.75, 3.05) is 5.43 Å². The maximum atomic E-state index is 11.8. The van der Waals surface area contributed by atoms with Crippen molar-refractivity contribution in [2.45, 2.75) is 6.04 Å². The molecule has 4 heteroatoms. The van der Waals surface area contributed by atoms with Crippen LogP contribution in [0.4, 0.5) is 0 Å². The minimum atomic E-state index is -0.649. The Labute approximate surface area is 93.7 Å². The Balaban J connectivity index is 2.05. The van der Waals surface area contributed by atoms with Crippen LogP contribution in [0.5, 0.6) is 0 Å². The molecule has 0 aliphatic rings. The van der Waals surface area contributed by atoms with Gasteiger partial charge in [-0.2, -0.15) is 0 Å². The average molecular weight is 215 g/mol. The standard InChI is InChI=1S/C12H13N3O/c13-11(10-6-2-1-3-7-10)12(16)14-15-8-4-5-9-15/h1-9,11H,13H2,(H,14,16). The molecule has 1 amide bonds. The second-order valence-corrected chi connectivity index (χ2v) is 3.45. The van der Waals surface area contributed by atoms with E-state index in [-0.39, 0.29) is 5.91 Å². The van der Waals surface area contributed by atoms with Gasteiger partial charge in [0.2, 0.25) is 0 Å². The summed E-state index contributed by atoms with van der Waals surface area (Å²) in [5.74, 6) is -0.234. The van der Waals surface area contributed by atoms with E-state index in [0.29, 0.717) is 0 Å². The van der Waals surface area contributed by atoms with Crippen LogP contribution in [0.25, 0.3) is 0 Å². The fourth-order valence-corrected chi connectivity index (χ4v) is 1.42. The summed E-state index contributed by atoms with van der Waals surface area (Å²) in [5.41, 5.74) is 9.30. The van der Waals surface area contributed by atoms with E-state index in [1.165, 1.54) is 0 Å². The van der Waals surface area contributed by atoms with Crippen molar-refractivity contribution in [3.8, 4) is 0 Å². The number of nitrogens with zero attached hydrogens (tertiary/aromatic N) is 1. The third kappa shape index (κ3) is 2.29. The zero-order chi connectivity index (χ0) is 11.4. The predicted octanol–water partition coefficient (Wildman–Crippen LogP) is 1.26. The Morgan fingerprint density at radius 3 is 2.38 bits per heavy atom. The monoisotopic (exact) mass is 215 g/mol. The quantitative estimate of drug-likeness (QED) is 0.809. The molecule has 1 aromatic heterocycles. The molecule has 1 aromatic carbocycles. The van der Waals surface area contributed by atoms with E-state index >= 15 is 0 Å². The lowest BCUT2D eigenvalue weighted by Gasteiger charge is -2.12. The summed E-state index contributed by atoms with van der Waals surface area (Å²) >= 11 is 0. The Bertz CT molecular complexity index is 450. The molecule has 3 N–H and O–H groups in total. The van der Waals surface area contributed by atoms with Crippen LogP contribution in [0.3, 0.4) is 0 Å². The van der Waals surface area contributed by atoms with E-state index in [1.807, 2.05) is 42.5 Å². The zero-order valence-electron chi connectivity index (χ0n) is 8.71. The Morgan fingerprint density at radius 1 is 1.12 bits per heavy atom. The summed E-state index contributed by atoms with van der Waals surface area (Å²) in [6, 6.07) is 12.3. The van der Waals surface area contributed by atoms with Crippen LogP contribution in [-0.4, -0.2) is 10.6 Å². The molecule has 0 radical (unpaired) electrons. The molecule has 1 heterocycles. The molecule has 0 aliphatic heterocycles. The van der Waals surface area contributed by atoms with Gasteiger partial charge in [0.05, 0.1) is 0 Å². The van der Waals surface area contributed by atoms with Gasteiger partial charge in [-0.3, -0.25) is 14.9 Å². The lowest BCUT2D eigenvalue weighted by molar-refractivity contribution is -0.118. The predicted molar refractivity (Wildman–Crippen MR) is 62.2 cm³/mol. The van der Waals surface area contributed by atoms with Crippen LogP contribution in [-0.2, 0) is 4.79 Å². The molecule has 2 aromatic rings. The first-order chi connectivity index (χ1) is 7.77. The number of nitrogens with two attached hydrogens (primary N) is 1. The van der Waals surface area contributed by atoms with Crippen LogP contribution in [0.15, 0.2) is 54.9 Å². The summed E-state index contributed by atoms with van der Waals surface area (Å²) in [6.07, 6.45) is 3.49. The van der Waals surface area contributed by atoms with Gasteiger partial charge in [-0.1, -0.05) is 30.3 Å². The second-order valence-electron chi connectivity index (χ2n) is 3.45. The minimum Gasteiger partial charge on any atom is -0.316 e. The molecular formula is C12H13N3O. The molecular weight excluding hydrogens is 202 g/mol. The average Bonchev–Trinajstić information content (AvgIpc) is 2.82. The number of hydrogen-bond acceptors (Lipinski definition) is 2. The number of amides is 1. The molecule has 1 unspecified atom stereocenters. The molecule has 0 saturated carbocycles. The van der Waals surface area contributed by atoms with E-state index in [9.17, 15) is 4.79 Å². The van der Waals surface area contributed by atoms with Crippen LogP contribution >= 0.6 is 0 Å². The smallest absolute Gasteiger partial charge is 0.260 e. The number of carbonyl (C=O) groups is 1. The molecule has 0 spiro atoms. The molecule has 0 saturated heterocycles. The first-order valence-corrected chi connectivity index (χ1v) is 5.02. The summed E-state index contributed by atoms with van der Waals surface area (Å²) in [7, 11) is 0. The highest BCUT2D eigenvalue weighted by atomic mass is 16.2. The van der Waals surface area contributed by atoms with Crippen LogP contribution in [0.1, 0.15) is 11.6 Å². The van der Waals surface area contributed by atoms with Gasteiger partial charge >= 0.3 is 0 Å². The SMILES string of the molecule is NC(C(=O)Nn1cccc1)c1ccccc1. The summed E-state index contributed by atoms with van der Waals surface area (Å²) in [5, 5.41) is 0. The molecule has 0 fully saturated rings. The van der Waals surface area contributed by atoms with Gasteiger partial charge in [-0.25, -0.2) is 0 Å². The first kappa shape index (κ1) is 10.4. The molecule has 4 nitrogen and oxygen atoms in total. The number of carbonyl (C=O) groups excluding carboxylic acids is 1. The number of aromatic nitrogens is 1. The van der Waals surface area contributed by atoms with Crippen molar-refractivity contribution >= 4 is 5.91 Å². The first-order valence-electron chi connectivity index (χ1n) is 5.02. The number of benzene rings is 1.